The minimum atomic E-state index is 0.405. The van der Waals surface area contributed by atoms with Crippen LogP contribution in [-0.2, 0) is 0 Å². The van der Waals surface area contributed by atoms with Crippen LogP contribution in [0.5, 0.6) is 0 Å². The molecule has 2 N–H and O–H groups in total. The number of hydrogen-bond acceptors (Lipinski definition) is 2. The Kier molecular flexibility index (Phi) is 2.87. The van der Waals surface area contributed by atoms with E-state index in [0.717, 1.165) is 18.2 Å². The van der Waals surface area contributed by atoms with Crippen LogP contribution in [0, 0.1) is 5.92 Å². The molecule has 1 aromatic rings. The van der Waals surface area contributed by atoms with Crippen LogP contribution in [0.25, 0.3) is 0 Å². The first-order valence-electron chi connectivity index (χ1n) is 5.55. The Morgan fingerprint density at radius 2 is 2.43 bits per heavy atom. The quantitative estimate of drug-likeness (QED) is 0.770. The second-order valence-corrected chi connectivity index (χ2v) is 4.38. The maximum Gasteiger partial charge on any atom is 0.123 e. The molecule has 1 saturated carbocycles. The molecule has 1 aromatic heterocycles. The third-order valence-corrected chi connectivity index (χ3v) is 3.07. The van der Waals surface area contributed by atoms with Gasteiger partial charge in [-0.05, 0) is 25.2 Å². The van der Waals surface area contributed by atoms with Gasteiger partial charge in [-0.1, -0.05) is 13.8 Å². The zero-order chi connectivity index (χ0) is 9.97. The number of aromatic nitrogens is 2. The number of nitrogens with one attached hydrogen (secondary N) is 2. The smallest absolute Gasteiger partial charge is 0.123 e. The SMILES string of the molecule is CCC(NC1CC(C)C1)c1ncc[nH]1. The Balaban J connectivity index is 1.88. The third kappa shape index (κ3) is 1.98. The topological polar surface area (TPSA) is 40.7 Å². The number of rotatable bonds is 4. The van der Waals surface area contributed by atoms with Gasteiger partial charge in [0.1, 0.15) is 5.82 Å². The number of aromatic amines is 1. The van der Waals surface area contributed by atoms with Crippen molar-refractivity contribution in [2.75, 3.05) is 0 Å². The van der Waals surface area contributed by atoms with Crippen molar-refractivity contribution in [1.82, 2.24) is 15.3 Å². The predicted octanol–water partition coefficient (Wildman–Crippen LogP) is 2.25. The van der Waals surface area contributed by atoms with Crippen LogP contribution in [0.4, 0.5) is 0 Å². The molecule has 0 spiro atoms. The van der Waals surface area contributed by atoms with Gasteiger partial charge in [0.05, 0.1) is 6.04 Å². The zero-order valence-electron chi connectivity index (χ0n) is 8.96. The lowest BCUT2D eigenvalue weighted by molar-refractivity contribution is 0.218. The second kappa shape index (κ2) is 4.13. The van der Waals surface area contributed by atoms with Gasteiger partial charge in [0, 0.05) is 18.4 Å². The van der Waals surface area contributed by atoms with Crippen molar-refractivity contribution in [2.45, 2.75) is 45.2 Å². The largest absolute Gasteiger partial charge is 0.347 e. The van der Waals surface area contributed by atoms with Gasteiger partial charge in [-0.2, -0.15) is 0 Å². The summed E-state index contributed by atoms with van der Waals surface area (Å²) in [7, 11) is 0. The maximum absolute atomic E-state index is 4.30. The third-order valence-electron chi connectivity index (χ3n) is 3.07. The molecule has 1 atom stereocenters. The van der Waals surface area contributed by atoms with Gasteiger partial charge in [-0.15, -0.1) is 0 Å². The molecule has 1 aliphatic carbocycles. The van der Waals surface area contributed by atoms with Crippen molar-refractivity contribution in [3.8, 4) is 0 Å². The summed E-state index contributed by atoms with van der Waals surface area (Å²) in [5, 5.41) is 3.64. The van der Waals surface area contributed by atoms with E-state index in [4.69, 9.17) is 0 Å². The van der Waals surface area contributed by atoms with Crippen LogP contribution in [0.15, 0.2) is 12.4 Å². The summed E-state index contributed by atoms with van der Waals surface area (Å²) < 4.78 is 0. The molecule has 1 fully saturated rings. The van der Waals surface area contributed by atoms with E-state index in [2.05, 4.69) is 29.1 Å². The Hall–Kier alpha value is -0.830. The van der Waals surface area contributed by atoms with E-state index in [1.165, 1.54) is 12.8 Å². The van der Waals surface area contributed by atoms with E-state index >= 15 is 0 Å². The lowest BCUT2D eigenvalue weighted by Gasteiger charge is -2.35. The van der Waals surface area contributed by atoms with E-state index in [1.54, 1.807) is 0 Å². The van der Waals surface area contributed by atoms with Crippen LogP contribution in [0.3, 0.4) is 0 Å². The normalized spacial score (nSPS) is 28.4. The van der Waals surface area contributed by atoms with Crippen LogP contribution in [0.1, 0.15) is 45.0 Å². The van der Waals surface area contributed by atoms with Crippen molar-refractivity contribution in [3.63, 3.8) is 0 Å². The highest BCUT2D eigenvalue weighted by Gasteiger charge is 2.27. The van der Waals surface area contributed by atoms with E-state index in [0.29, 0.717) is 12.1 Å². The number of nitrogens with zero attached hydrogens (tertiary/aromatic N) is 1. The molecule has 14 heavy (non-hydrogen) atoms. The molecule has 1 heterocycles. The highest BCUT2D eigenvalue weighted by molar-refractivity contribution is 4.97. The van der Waals surface area contributed by atoms with E-state index in [-0.39, 0.29) is 0 Å². The molecule has 0 aliphatic heterocycles. The zero-order valence-corrected chi connectivity index (χ0v) is 8.96. The molecule has 1 unspecified atom stereocenters. The average Bonchev–Trinajstić information content (AvgIpc) is 2.63. The lowest BCUT2D eigenvalue weighted by Crippen LogP contribution is -2.42. The minimum absolute atomic E-state index is 0.405. The highest BCUT2D eigenvalue weighted by Crippen LogP contribution is 2.28. The number of H-pyrrole nitrogens is 1. The molecule has 0 amide bonds. The second-order valence-electron chi connectivity index (χ2n) is 4.38. The van der Waals surface area contributed by atoms with Crippen molar-refractivity contribution < 1.29 is 0 Å². The molecule has 78 valence electrons. The Bertz CT molecular complexity index is 262. The molecule has 0 bridgehead atoms. The lowest BCUT2D eigenvalue weighted by atomic mass is 9.81. The van der Waals surface area contributed by atoms with Crippen molar-refractivity contribution in [2.24, 2.45) is 5.92 Å². The minimum Gasteiger partial charge on any atom is -0.347 e. The predicted molar refractivity (Wildman–Crippen MR) is 56.9 cm³/mol. The fraction of sp³-hybridized carbons (Fsp3) is 0.727. The molecule has 3 heteroatoms. The van der Waals surface area contributed by atoms with Gasteiger partial charge in [0.2, 0.25) is 0 Å². The average molecular weight is 193 g/mol. The molecule has 1 aliphatic rings. The van der Waals surface area contributed by atoms with Crippen LogP contribution >= 0.6 is 0 Å². The molecule has 3 nitrogen and oxygen atoms in total. The summed E-state index contributed by atoms with van der Waals surface area (Å²) in [6.45, 7) is 4.51. The Morgan fingerprint density at radius 3 is 2.93 bits per heavy atom. The number of hydrogen-bond donors (Lipinski definition) is 2. The fourth-order valence-corrected chi connectivity index (χ4v) is 2.18. The van der Waals surface area contributed by atoms with Crippen LogP contribution < -0.4 is 5.32 Å². The van der Waals surface area contributed by atoms with Crippen molar-refractivity contribution in [1.29, 1.82) is 0 Å². The molecule has 2 rings (SSSR count). The van der Waals surface area contributed by atoms with Gasteiger partial charge in [-0.3, -0.25) is 0 Å². The maximum atomic E-state index is 4.30. The molecular weight excluding hydrogens is 174 g/mol. The number of imidazole rings is 1. The molecule has 0 aromatic carbocycles. The molecule has 0 radical (unpaired) electrons. The molecular formula is C11H19N3. The Labute approximate surface area is 85.3 Å². The van der Waals surface area contributed by atoms with Crippen LogP contribution in [-0.4, -0.2) is 16.0 Å². The monoisotopic (exact) mass is 193 g/mol. The fourth-order valence-electron chi connectivity index (χ4n) is 2.18. The summed E-state index contributed by atoms with van der Waals surface area (Å²) in [6.07, 6.45) is 7.44. The standard InChI is InChI=1S/C11H19N3/c1-3-10(11-12-4-5-13-11)14-9-6-8(2)7-9/h4-5,8-10,14H,3,6-7H2,1-2H3,(H,12,13). The van der Waals surface area contributed by atoms with Gasteiger partial charge in [0.15, 0.2) is 0 Å². The Morgan fingerprint density at radius 1 is 1.64 bits per heavy atom. The first-order chi connectivity index (χ1) is 6.79. The van der Waals surface area contributed by atoms with Gasteiger partial charge in [-0.25, -0.2) is 4.98 Å². The summed E-state index contributed by atoms with van der Waals surface area (Å²) in [5.74, 6) is 1.98. The van der Waals surface area contributed by atoms with Gasteiger partial charge < -0.3 is 10.3 Å². The summed E-state index contributed by atoms with van der Waals surface area (Å²) in [5.41, 5.74) is 0. The first-order valence-corrected chi connectivity index (χ1v) is 5.55. The van der Waals surface area contributed by atoms with E-state index in [1.807, 2.05) is 12.4 Å². The van der Waals surface area contributed by atoms with Gasteiger partial charge >= 0.3 is 0 Å². The first kappa shape index (κ1) is 9.71. The van der Waals surface area contributed by atoms with Crippen LogP contribution in [0.2, 0.25) is 0 Å². The summed E-state index contributed by atoms with van der Waals surface area (Å²) in [4.78, 5) is 7.48. The molecule has 0 saturated heterocycles. The van der Waals surface area contributed by atoms with Crippen molar-refractivity contribution in [3.05, 3.63) is 18.2 Å². The van der Waals surface area contributed by atoms with Crippen molar-refractivity contribution >= 4 is 0 Å². The summed E-state index contributed by atoms with van der Waals surface area (Å²) in [6, 6.07) is 1.11. The van der Waals surface area contributed by atoms with Gasteiger partial charge in [0.25, 0.3) is 0 Å². The highest BCUT2D eigenvalue weighted by atomic mass is 15.0. The van der Waals surface area contributed by atoms with E-state index < -0.39 is 0 Å². The summed E-state index contributed by atoms with van der Waals surface area (Å²) >= 11 is 0. The van der Waals surface area contributed by atoms with E-state index in [9.17, 15) is 0 Å².